The molecule has 0 aromatic carbocycles. The maximum absolute atomic E-state index is 9.85. The Morgan fingerprint density at radius 3 is 2.50 bits per heavy atom. The predicted octanol–water partition coefficient (Wildman–Crippen LogP) is -0.201. The number of carboxylic acid groups (broad SMARTS) is 1. The molecule has 0 heterocycles. The van der Waals surface area contributed by atoms with Gasteiger partial charge in [0.15, 0.2) is 0 Å². The largest absolute Gasteiger partial charge is 0.481 e. The lowest BCUT2D eigenvalue weighted by Crippen LogP contribution is -2.22. The molecule has 0 fully saturated rings. The Morgan fingerprint density at radius 2 is 2.20 bits per heavy atom. The van der Waals surface area contributed by atoms with Crippen LogP contribution < -0.4 is 5.73 Å². The average molecular weight is 168 g/mol. The second-order valence-electron chi connectivity index (χ2n) is 1.73. The molecule has 0 saturated carbocycles. The number of hydrogen-bond donors (Lipinski definition) is 2. The zero-order chi connectivity index (χ0) is 7.28. The molecule has 0 aliphatic heterocycles. The summed E-state index contributed by atoms with van der Waals surface area (Å²) in [5.74, 6) is -0.924. The number of hydrogen-bond acceptors (Lipinski definition) is 3. The first-order valence-electron chi connectivity index (χ1n) is 2.59. The van der Waals surface area contributed by atoms with E-state index >= 15 is 0 Å². The Morgan fingerprint density at radius 1 is 1.70 bits per heavy atom. The second-order valence-corrected chi connectivity index (χ2v) is 1.73. The fourth-order valence-electron chi connectivity index (χ4n) is 0.358. The van der Waals surface area contributed by atoms with Crippen LogP contribution in [0.4, 0.5) is 0 Å². The molecular formula is C5H10ClNO3. The summed E-state index contributed by atoms with van der Waals surface area (Å²) < 4.78 is 0. The van der Waals surface area contributed by atoms with Gasteiger partial charge in [0.2, 0.25) is 0 Å². The third-order valence-electron chi connectivity index (χ3n) is 0.866. The number of carbonyl (C=O) groups excluding carboxylic acids is 1. The Hall–Kier alpha value is -0.610. The van der Waals surface area contributed by atoms with Gasteiger partial charge in [-0.2, -0.15) is 0 Å². The number of aliphatic carboxylic acids is 1. The van der Waals surface area contributed by atoms with E-state index in [2.05, 4.69) is 0 Å². The van der Waals surface area contributed by atoms with Crippen LogP contribution in [0.2, 0.25) is 0 Å². The predicted molar refractivity (Wildman–Crippen MR) is 38.2 cm³/mol. The highest BCUT2D eigenvalue weighted by Gasteiger charge is 2.02. The van der Waals surface area contributed by atoms with Crippen molar-refractivity contribution in [1.29, 1.82) is 0 Å². The second kappa shape index (κ2) is 6.51. The van der Waals surface area contributed by atoms with Gasteiger partial charge in [-0.25, -0.2) is 0 Å². The molecule has 0 aromatic rings. The van der Waals surface area contributed by atoms with Crippen LogP contribution in [0.3, 0.4) is 0 Å². The standard InChI is InChI=1S/C5H9NO3.ClH/c6-4(3-7)1-2-5(8)9;/h3-4H,1-2,6H2,(H,8,9);1H/t4-;/m0./s1. The molecule has 0 radical (unpaired) electrons. The van der Waals surface area contributed by atoms with Crippen LogP contribution >= 0.6 is 12.4 Å². The van der Waals surface area contributed by atoms with Crippen LogP contribution in [0.5, 0.6) is 0 Å². The molecule has 0 aliphatic rings. The third-order valence-corrected chi connectivity index (χ3v) is 0.866. The average Bonchev–Trinajstić information content (AvgIpc) is 1.83. The van der Waals surface area contributed by atoms with E-state index < -0.39 is 12.0 Å². The van der Waals surface area contributed by atoms with Gasteiger partial charge in [0, 0.05) is 6.42 Å². The van der Waals surface area contributed by atoms with Crippen LogP contribution in [-0.4, -0.2) is 23.4 Å². The van der Waals surface area contributed by atoms with E-state index in [1.54, 1.807) is 0 Å². The fourth-order valence-corrected chi connectivity index (χ4v) is 0.358. The van der Waals surface area contributed by atoms with Crippen molar-refractivity contribution in [2.45, 2.75) is 18.9 Å². The van der Waals surface area contributed by atoms with E-state index in [-0.39, 0.29) is 25.2 Å². The highest BCUT2D eigenvalue weighted by Crippen LogP contribution is 1.90. The fraction of sp³-hybridized carbons (Fsp3) is 0.600. The van der Waals surface area contributed by atoms with Crippen molar-refractivity contribution in [2.75, 3.05) is 0 Å². The molecular weight excluding hydrogens is 158 g/mol. The van der Waals surface area contributed by atoms with Crippen molar-refractivity contribution in [2.24, 2.45) is 5.73 Å². The monoisotopic (exact) mass is 167 g/mol. The molecule has 0 aliphatic carbocycles. The van der Waals surface area contributed by atoms with Crippen molar-refractivity contribution < 1.29 is 14.7 Å². The van der Waals surface area contributed by atoms with Gasteiger partial charge in [-0.15, -0.1) is 12.4 Å². The summed E-state index contributed by atoms with van der Waals surface area (Å²) in [6.07, 6.45) is 0.724. The van der Waals surface area contributed by atoms with Crippen molar-refractivity contribution in [3.8, 4) is 0 Å². The highest BCUT2D eigenvalue weighted by atomic mass is 35.5. The van der Waals surface area contributed by atoms with Gasteiger partial charge < -0.3 is 15.6 Å². The summed E-state index contributed by atoms with van der Waals surface area (Å²) in [5, 5.41) is 8.09. The molecule has 60 valence electrons. The lowest BCUT2D eigenvalue weighted by atomic mass is 10.2. The molecule has 0 saturated heterocycles. The smallest absolute Gasteiger partial charge is 0.303 e. The summed E-state index contributed by atoms with van der Waals surface area (Å²) in [5.41, 5.74) is 5.09. The number of aldehydes is 1. The first-order chi connectivity index (χ1) is 4.16. The zero-order valence-electron chi connectivity index (χ0n) is 5.32. The van der Waals surface area contributed by atoms with E-state index in [1.165, 1.54) is 0 Å². The molecule has 4 nitrogen and oxygen atoms in total. The van der Waals surface area contributed by atoms with Gasteiger partial charge in [0.25, 0.3) is 0 Å². The molecule has 10 heavy (non-hydrogen) atoms. The third kappa shape index (κ3) is 7.39. The van der Waals surface area contributed by atoms with Crippen molar-refractivity contribution in [1.82, 2.24) is 0 Å². The molecule has 0 unspecified atom stereocenters. The topological polar surface area (TPSA) is 80.4 Å². The van der Waals surface area contributed by atoms with Crippen LogP contribution in [0, 0.1) is 0 Å². The van der Waals surface area contributed by atoms with Crippen LogP contribution in [-0.2, 0) is 9.59 Å². The summed E-state index contributed by atoms with van der Waals surface area (Å²) in [4.78, 5) is 19.6. The van der Waals surface area contributed by atoms with Crippen LogP contribution in [0.1, 0.15) is 12.8 Å². The lowest BCUT2D eigenvalue weighted by molar-refractivity contribution is -0.137. The van der Waals surface area contributed by atoms with Crippen LogP contribution in [0.15, 0.2) is 0 Å². The van der Waals surface area contributed by atoms with Gasteiger partial charge in [-0.05, 0) is 6.42 Å². The first-order valence-corrected chi connectivity index (χ1v) is 2.59. The molecule has 0 amide bonds. The Balaban J connectivity index is 0. The van der Waals surface area contributed by atoms with Gasteiger partial charge in [-0.1, -0.05) is 0 Å². The molecule has 0 bridgehead atoms. The zero-order valence-corrected chi connectivity index (χ0v) is 6.13. The Labute approximate surface area is 64.8 Å². The summed E-state index contributed by atoms with van der Waals surface area (Å²) in [7, 11) is 0. The van der Waals surface area contributed by atoms with E-state index in [0.29, 0.717) is 6.29 Å². The minimum absolute atomic E-state index is 0. The lowest BCUT2D eigenvalue weighted by Gasteiger charge is -1.97. The summed E-state index contributed by atoms with van der Waals surface area (Å²) in [6, 6.07) is -0.624. The molecule has 1 atom stereocenters. The van der Waals surface area contributed by atoms with Crippen molar-refractivity contribution in [3.05, 3.63) is 0 Å². The SMILES string of the molecule is Cl.N[C@H](C=O)CCC(=O)O. The van der Waals surface area contributed by atoms with E-state index in [0.717, 1.165) is 0 Å². The quantitative estimate of drug-likeness (QED) is 0.569. The Bertz CT molecular complexity index is 117. The molecule has 0 aromatic heterocycles. The van der Waals surface area contributed by atoms with Gasteiger partial charge >= 0.3 is 5.97 Å². The summed E-state index contributed by atoms with van der Waals surface area (Å²) >= 11 is 0. The van der Waals surface area contributed by atoms with Gasteiger partial charge in [0.1, 0.15) is 6.29 Å². The molecule has 0 spiro atoms. The number of nitrogens with two attached hydrogens (primary N) is 1. The van der Waals surface area contributed by atoms with E-state index in [9.17, 15) is 9.59 Å². The minimum atomic E-state index is -0.924. The molecule has 3 N–H and O–H groups in total. The normalized spacial score (nSPS) is 11.3. The van der Waals surface area contributed by atoms with Gasteiger partial charge in [0.05, 0.1) is 6.04 Å². The summed E-state index contributed by atoms with van der Waals surface area (Å²) in [6.45, 7) is 0. The van der Waals surface area contributed by atoms with Crippen LogP contribution in [0.25, 0.3) is 0 Å². The highest BCUT2D eigenvalue weighted by molar-refractivity contribution is 5.85. The maximum Gasteiger partial charge on any atom is 0.303 e. The number of halogens is 1. The maximum atomic E-state index is 9.85. The van der Waals surface area contributed by atoms with E-state index in [4.69, 9.17) is 10.8 Å². The molecule has 5 heteroatoms. The Kier molecular flexibility index (Phi) is 7.88. The number of carboxylic acids is 1. The van der Waals surface area contributed by atoms with Crippen molar-refractivity contribution in [3.63, 3.8) is 0 Å². The molecule has 0 rings (SSSR count). The minimum Gasteiger partial charge on any atom is -0.481 e. The van der Waals surface area contributed by atoms with Crippen molar-refractivity contribution >= 4 is 24.7 Å². The first kappa shape index (κ1) is 12.1. The number of rotatable bonds is 4. The van der Waals surface area contributed by atoms with Gasteiger partial charge in [-0.3, -0.25) is 4.79 Å². The number of carbonyl (C=O) groups is 2. The van der Waals surface area contributed by atoms with E-state index in [1.807, 2.05) is 0 Å².